The Hall–Kier alpha value is -1.57. The van der Waals surface area contributed by atoms with E-state index in [4.69, 9.17) is 5.26 Å². The van der Waals surface area contributed by atoms with Crippen LogP contribution in [0.5, 0.6) is 0 Å². The minimum absolute atomic E-state index is 0.437. The lowest BCUT2D eigenvalue weighted by atomic mass is 10.1. The zero-order valence-corrected chi connectivity index (χ0v) is 6.68. The van der Waals surface area contributed by atoms with Crippen LogP contribution in [0, 0.1) is 18.3 Å². The van der Waals surface area contributed by atoms with Gasteiger partial charge in [-0.2, -0.15) is 18.4 Å². The lowest BCUT2D eigenvalue weighted by Crippen LogP contribution is -2.10. The van der Waals surface area contributed by atoms with Gasteiger partial charge in [-0.1, -0.05) is 0 Å². The molecule has 0 spiro atoms. The minimum Gasteiger partial charge on any atom is -0.250 e. The zero-order valence-electron chi connectivity index (χ0n) is 6.68. The van der Waals surface area contributed by atoms with Crippen molar-refractivity contribution in [2.24, 2.45) is 0 Å². The van der Waals surface area contributed by atoms with Crippen LogP contribution in [0.25, 0.3) is 0 Å². The lowest BCUT2D eigenvalue weighted by molar-refractivity contribution is -0.141. The van der Waals surface area contributed by atoms with E-state index in [1.54, 1.807) is 6.92 Å². The number of aryl methyl sites for hydroxylation is 1. The van der Waals surface area contributed by atoms with Gasteiger partial charge in [0.25, 0.3) is 0 Å². The van der Waals surface area contributed by atoms with Crippen LogP contribution in [0.4, 0.5) is 13.2 Å². The first-order valence-electron chi connectivity index (χ1n) is 3.39. The summed E-state index contributed by atoms with van der Waals surface area (Å²) < 4.78 is 36.5. The molecule has 0 unspecified atom stereocenters. The molecular weight excluding hydrogens is 181 g/mol. The minimum atomic E-state index is -4.56. The van der Waals surface area contributed by atoms with Crippen molar-refractivity contribution in [2.45, 2.75) is 13.1 Å². The molecule has 1 rings (SSSR count). The molecule has 0 aliphatic carbocycles. The van der Waals surface area contributed by atoms with Crippen LogP contribution >= 0.6 is 0 Å². The normalized spacial score (nSPS) is 11.0. The third kappa shape index (κ3) is 1.96. The van der Waals surface area contributed by atoms with Gasteiger partial charge in [0.1, 0.15) is 6.07 Å². The van der Waals surface area contributed by atoms with E-state index >= 15 is 0 Å². The van der Waals surface area contributed by atoms with E-state index in [0.717, 1.165) is 12.3 Å². The van der Waals surface area contributed by atoms with Crippen LogP contribution < -0.4 is 0 Å². The predicted molar refractivity (Wildman–Crippen MR) is 38.7 cm³/mol. The summed E-state index contributed by atoms with van der Waals surface area (Å²) in [6, 6.07) is 2.62. The van der Waals surface area contributed by atoms with Crippen molar-refractivity contribution < 1.29 is 13.2 Å². The largest absolute Gasteiger partial charge is 0.434 e. The molecule has 0 saturated heterocycles. The molecule has 1 heterocycles. The molecule has 0 aromatic carbocycles. The molecule has 0 aliphatic rings. The van der Waals surface area contributed by atoms with Crippen LogP contribution in [-0.4, -0.2) is 4.98 Å². The average molecular weight is 186 g/mol. The quantitative estimate of drug-likeness (QED) is 0.623. The second-order valence-corrected chi connectivity index (χ2v) is 2.52. The molecule has 68 valence electrons. The predicted octanol–water partition coefficient (Wildman–Crippen LogP) is 2.28. The molecule has 0 atom stereocenters. The van der Waals surface area contributed by atoms with Crippen molar-refractivity contribution in [3.63, 3.8) is 0 Å². The molecule has 0 radical (unpaired) electrons. The number of pyridine rings is 1. The number of alkyl halides is 3. The summed E-state index contributed by atoms with van der Waals surface area (Å²) in [4.78, 5) is 3.17. The fourth-order valence-corrected chi connectivity index (χ4v) is 0.880. The summed E-state index contributed by atoms with van der Waals surface area (Å²) in [6.45, 7) is 1.58. The van der Waals surface area contributed by atoms with Crippen molar-refractivity contribution >= 4 is 0 Å². The third-order valence-corrected chi connectivity index (χ3v) is 1.41. The van der Waals surface area contributed by atoms with Crippen LogP contribution in [-0.2, 0) is 6.18 Å². The molecule has 1 aromatic rings. The second kappa shape index (κ2) is 3.05. The molecule has 0 aliphatic heterocycles. The van der Waals surface area contributed by atoms with E-state index in [-0.39, 0.29) is 0 Å². The Morgan fingerprint density at radius 2 is 2.08 bits per heavy atom. The van der Waals surface area contributed by atoms with Gasteiger partial charge in [-0.05, 0) is 18.6 Å². The van der Waals surface area contributed by atoms with E-state index in [0.29, 0.717) is 5.56 Å². The molecule has 0 saturated carbocycles. The van der Waals surface area contributed by atoms with Crippen LogP contribution in [0.2, 0.25) is 0 Å². The highest BCUT2D eigenvalue weighted by molar-refractivity contribution is 5.36. The highest BCUT2D eigenvalue weighted by atomic mass is 19.4. The summed E-state index contributed by atoms with van der Waals surface area (Å²) in [6.07, 6.45) is -3.47. The standard InChI is InChI=1S/C8H5F3N2/c1-5-2-6(3-12)7(13-4-5)8(9,10)11/h2,4H,1H3. The second-order valence-electron chi connectivity index (χ2n) is 2.52. The van der Waals surface area contributed by atoms with Crippen molar-refractivity contribution in [1.29, 1.82) is 5.26 Å². The van der Waals surface area contributed by atoms with E-state index in [1.807, 2.05) is 0 Å². The molecule has 0 N–H and O–H groups in total. The zero-order chi connectivity index (χ0) is 10.1. The van der Waals surface area contributed by atoms with E-state index in [2.05, 4.69) is 4.98 Å². The highest BCUT2D eigenvalue weighted by Gasteiger charge is 2.35. The maximum atomic E-state index is 12.2. The molecule has 0 amide bonds. The fourth-order valence-electron chi connectivity index (χ4n) is 0.880. The number of rotatable bonds is 0. The summed E-state index contributed by atoms with van der Waals surface area (Å²) in [5.41, 5.74) is -1.03. The van der Waals surface area contributed by atoms with E-state index in [9.17, 15) is 13.2 Å². The molecular formula is C8H5F3N2. The number of nitrogens with zero attached hydrogens (tertiary/aromatic N) is 2. The van der Waals surface area contributed by atoms with Gasteiger partial charge >= 0.3 is 6.18 Å². The van der Waals surface area contributed by atoms with Crippen LogP contribution in [0.15, 0.2) is 12.3 Å². The van der Waals surface area contributed by atoms with E-state index < -0.39 is 17.4 Å². The van der Waals surface area contributed by atoms with E-state index in [1.165, 1.54) is 6.07 Å². The maximum Gasteiger partial charge on any atom is 0.434 e. The molecule has 5 heteroatoms. The SMILES string of the molecule is Cc1cnc(C(F)(F)F)c(C#N)c1. The van der Waals surface area contributed by atoms with Gasteiger partial charge in [-0.25, -0.2) is 0 Å². The highest BCUT2D eigenvalue weighted by Crippen LogP contribution is 2.29. The van der Waals surface area contributed by atoms with Gasteiger partial charge in [-0.3, -0.25) is 4.98 Å². The van der Waals surface area contributed by atoms with Gasteiger partial charge in [0.2, 0.25) is 0 Å². The first kappa shape index (κ1) is 9.52. The first-order chi connectivity index (χ1) is 5.95. The Morgan fingerprint density at radius 3 is 2.54 bits per heavy atom. The van der Waals surface area contributed by atoms with Crippen molar-refractivity contribution in [3.8, 4) is 6.07 Å². The monoisotopic (exact) mass is 186 g/mol. The topological polar surface area (TPSA) is 36.7 Å². The Bertz CT molecular complexity index is 363. The van der Waals surface area contributed by atoms with Gasteiger partial charge in [0, 0.05) is 6.20 Å². The van der Waals surface area contributed by atoms with Crippen molar-refractivity contribution in [1.82, 2.24) is 4.98 Å². The van der Waals surface area contributed by atoms with Gasteiger partial charge < -0.3 is 0 Å². The number of nitriles is 1. The summed E-state index contributed by atoms with van der Waals surface area (Å²) in [5, 5.41) is 8.42. The number of hydrogen-bond acceptors (Lipinski definition) is 2. The molecule has 2 nitrogen and oxygen atoms in total. The van der Waals surface area contributed by atoms with Crippen molar-refractivity contribution in [3.05, 3.63) is 29.1 Å². The number of hydrogen-bond donors (Lipinski definition) is 0. The Kier molecular flexibility index (Phi) is 2.24. The summed E-state index contributed by atoms with van der Waals surface area (Å²) in [5.74, 6) is 0. The molecule has 1 aromatic heterocycles. The van der Waals surface area contributed by atoms with Gasteiger partial charge in [0.05, 0.1) is 5.56 Å². The molecule has 0 fully saturated rings. The molecule has 0 bridgehead atoms. The van der Waals surface area contributed by atoms with Gasteiger partial charge in [-0.15, -0.1) is 0 Å². The van der Waals surface area contributed by atoms with Gasteiger partial charge in [0.15, 0.2) is 5.69 Å². The summed E-state index contributed by atoms with van der Waals surface area (Å²) >= 11 is 0. The molecule has 13 heavy (non-hydrogen) atoms. The third-order valence-electron chi connectivity index (χ3n) is 1.41. The Morgan fingerprint density at radius 1 is 1.46 bits per heavy atom. The first-order valence-corrected chi connectivity index (χ1v) is 3.39. The number of aromatic nitrogens is 1. The van der Waals surface area contributed by atoms with Crippen molar-refractivity contribution in [2.75, 3.05) is 0 Å². The lowest BCUT2D eigenvalue weighted by Gasteiger charge is -2.06. The average Bonchev–Trinajstić information content (AvgIpc) is 2.01. The maximum absolute atomic E-state index is 12.2. The van der Waals surface area contributed by atoms with Crippen LogP contribution in [0.3, 0.4) is 0 Å². The summed E-state index contributed by atoms with van der Waals surface area (Å²) in [7, 11) is 0. The fraction of sp³-hybridized carbons (Fsp3) is 0.250. The Balaban J connectivity index is 3.32. The smallest absolute Gasteiger partial charge is 0.250 e. The Labute approximate surface area is 72.6 Å². The van der Waals surface area contributed by atoms with Crippen LogP contribution in [0.1, 0.15) is 16.8 Å². The number of halogens is 3.